The molecule has 1 unspecified atom stereocenters. The van der Waals surface area contributed by atoms with E-state index in [2.05, 4.69) is 13.8 Å². The summed E-state index contributed by atoms with van der Waals surface area (Å²) in [4.78, 5) is 12.0. The minimum atomic E-state index is -0.0706. The predicted octanol–water partition coefficient (Wildman–Crippen LogP) is 16.7. The molecule has 0 aliphatic rings. The Kier molecular flexibility index (Phi) is 45.1. The number of hydrogen-bond acceptors (Lipinski definition) is 3. The van der Waals surface area contributed by atoms with Gasteiger partial charge in [-0.05, 0) is 25.7 Å². The monoisotopic (exact) mass is 721 g/mol. The molecule has 0 amide bonds. The van der Waals surface area contributed by atoms with Crippen molar-refractivity contribution in [1.82, 2.24) is 0 Å². The second-order valence-electron chi connectivity index (χ2n) is 16.6. The van der Waals surface area contributed by atoms with E-state index in [9.17, 15) is 9.90 Å². The van der Waals surface area contributed by atoms with Gasteiger partial charge in [-0.1, -0.05) is 258 Å². The first-order valence-corrected chi connectivity index (χ1v) is 24.0. The zero-order valence-electron chi connectivity index (χ0n) is 35.5. The van der Waals surface area contributed by atoms with Crippen molar-refractivity contribution in [3.05, 3.63) is 0 Å². The molecule has 0 saturated carbocycles. The van der Waals surface area contributed by atoms with Crippen LogP contribution in [0, 0.1) is 0 Å². The molecule has 0 bridgehead atoms. The summed E-state index contributed by atoms with van der Waals surface area (Å²) in [6, 6.07) is 0. The highest BCUT2D eigenvalue weighted by molar-refractivity contribution is 5.69. The van der Waals surface area contributed by atoms with E-state index in [4.69, 9.17) is 4.74 Å². The Balaban J connectivity index is 3.17. The Morgan fingerprint density at radius 2 is 0.588 bits per heavy atom. The average molecular weight is 721 g/mol. The van der Waals surface area contributed by atoms with Gasteiger partial charge in [0.1, 0.15) is 0 Å². The van der Waals surface area contributed by atoms with Gasteiger partial charge in [-0.25, -0.2) is 0 Å². The molecule has 0 fully saturated rings. The molecule has 0 aromatic rings. The third-order valence-corrected chi connectivity index (χ3v) is 11.3. The lowest BCUT2D eigenvalue weighted by atomic mass is 10.0. The molecule has 0 aliphatic heterocycles. The van der Waals surface area contributed by atoms with Crippen LogP contribution >= 0.6 is 0 Å². The number of carbonyl (C=O) groups excluding carboxylic acids is 1. The maximum atomic E-state index is 12.0. The quantitative estimate of drug-likeness (QED) is 0.0503. The number of aliphatic hydroxyl groups is 1. The number of rotatable bonds is 45. The van der Waals surface area contributed by atoms with Gasteiger partial charge in [0.05, 0.1) is 12.7 Å². The number of aliphatic hydroxyl groups excluding tert-OH is 1. The van der Waals surface area contributed by atoms with Gasteiger partial charge in [-0.3, -0.25) is 4.79 Å². The van der Waals surface area contributed by atoms with Crippen LogP contribution < -0.4 is 0 Å². The van der Waals surface area contributed by atoms with E-state index in [0.717, 1.165) is 25.7 Å². The van der Waals surface area contributed by atoms with Crippen molar-refractivity contribution in [2.75, 3.05) is 6.61 Å². The Hall–Kier alpha value is -0.570. The molecule has 1 atom stereocenters. The largest absolute Gasteiger partial charge is 0.466 e. The van der Waals surface area contributed by atoms with Gasteiger partial charge in [-0.2, -0.15) is 0 Å². The fourth-order valence-electron chi connectivity index (χ4n) is 7.69. The zero-order valence-corrected chi connectivity index (χ0v) is 35.5. The summed E-state index contributed by atoms with van der Waals surface area (Å²) in [6.45, 7) is 5.15. The van der Waals surface area contributed by atoms with E-state index in [1.807, 2.05) is 0 Å². The van der Waals surface area contributed by atoms with Crippen molar-refractivity contribution in [2.24, 2.45) is 0 Å². The molecule has 306 valence electrons. The molecule has 0 rings (SSSR count). The molecule has 0 aliphatic carbocycles. The van der Waals surface area contributed by atoms with E-state index in [1.165, 1.54) is 244 Å². The van der Waals surface area contributed by atoms with Crippen molar-refractivity contribution in [3.8, 4) is 0 Å². The van der Waals surface area contributed by atoms with Crippen molar-refractivity contribution >= 4 is 5.97 Å². The van der Waals surface area contributed by atoms with E-state index in [-0.39, 0.29) is 12.1 Å². The van der Waals surface area contributed by atoms with Crippen LogP contribution in [-0.2, 0) is 9.53 Å². The van der Waals surface area contributed by atoms with Gasteiger partial charge in [-0.15, -0.1) is 0 Å². The summed E-state index contributed by atoms with van der Waals surface area (Å²) in [5.41, 5.74) is 0. The molecule has 0 spiro atoms. The molecule has 1 N–H and O–H groups in total. The summed E-state index contributed by atoms with van der Waals surface area (Å²) in [5.74, 6) is 0.0145. The fraction of sp³-hybridized carbons (Fsp3) is 0.979. The molecule has 0 heterocycles. The minimum Gasteiger partial charge on any atom is -0.466 e. The molecule has 0 saturated heterocycles. The van der Waals surface area contributed by atoms with Crippen LogP contribution in [0.2, 0.25) is 0 Å². The Labute approximate surface area is 322 Å². The van der Waals surface area contributed by atoms with Gasteiger partial charge in [0.2, 0.25) is 0 Å². The summed E-state index contributed by atoms with van der Waals surface area (Å²) in [7, 11) is 0. The Morgan fingerprint density at radius 1 is 0.353 bits per heavy atom. The van der Waals surface area contributed by atoms with Crippen LogP contribution in [0.1, 0.15) is 290 Å². The minimum absolute atomic E-state index is 0.0145. The summed E-state index contributed by atoms with van der Waals surface area (Å²) < 4.78 is 5.47. The molecule has 51 heavy (non-hydrogen) atoms. The second kappa shape index (κ2) is 45.6. The lowest BCUT2D eigenvalue weighted by Crippen LogP contribution is -2.05. The number of ether oxygens (including phenoxy) is 1. The van der Waals surface area contributed by atoms with Gasteiger partial charge >= 0.3 is 5.97 Å². The third kappa shape index (κ3) is 45.5. The maximum absolute atomic E-state index is 12.0. The van der Waals surface area contributed by atoms with E-state index < -0.39 is 0 Å². The van der Waals surface area contributed by atoms with Gasteiger partial charge in [0.15, 0.2) is 0 Å². The van der Waals surface area contributed by atoms with Crippen molar-refractivity contribution in [2.45, 2.75) is 296 Å². The smallest absolute Gasteiger partial charge is 0.305 e. The van der Waals surface area contributed by atoms with Crippen molar-refractivity contribution in [1.29, 1.82) is 0 Å². The van der Waals surface area contributed by atoms with Crippen LogP contribution in [0.3, 0.4) is 0 Å². The Bertz CT molecular complexity index is 634. The lowest BCUT2D eigenvalue weighted by molar-refractivity contribution is -0.143. The molecular weight excluding hydrogens is 625 g/mol. The first-order valence-electron chi connectivity index (χ1n) is 24.0. The van der Waals surface area contributed by atoms with Crippen LogP contribution in [0.4, 0.5) is 0 Å². The highest BCUT2D eigenvalue weighted by Gasteiger charge is 2.05. The van der Waals surface area contributed by atoms with Crippen LogP contribution in [0.5, 0.6) is 0 Å². The first-order chi connectivity index (χ1) is 25.2. The summed E-state index contributed by atoms with van der Waals surface area (Å²) in [6.07, 6.45) is 56.8. The number of esters is 1. The SMILES string of the molecule is CCCCCCCCCCCCCCCCCCCCCCCCCCCCCC(=O)OCCCCCCCCCCCC(O)CCCCCC. The summed E-state index contributed by atoms with van der Waals surface area (Å²) in [5, 5.41) is 10.1. The predicted molar refractivity (Wildman–Crippen MR) is 227 cm³/mol. The molecule has 3 heteroatoms. The lowest BCUT2D eigenvalue weighted by Gasteiger charge is -2.10. The molecule has 0 aromatic carbocycles. The summed E-state index contributed by atoms with van der Waals surface area (Å²) >= 11 is 0. The highest BCUT2D eigenvalue weighted by atomic mass is 16.5. The molecule has 3 nitrogen and oxygen atoms in total. The highest BCUT2D eigenvalue weighted by Crippen LogP contribution is 2.17. The Morgan fingerprint density at radius 3 is 0.902 bits per heavy atom. The topological polar surface area (TPSA) is 46.5 Å². The number of unbranched alkanes of at least 4 members (excludes halogenated alkanes) is 37. The van der Waals surface area contributed by atoms with Crippen molar-refractivity contribution in [3.63, 3.8) is 0 Å². The number of hydrogen-bond donors (Lipinski definition) is 1. The molecule has 0 radical (unpaired) electrons. The van der Waals surface area contributed by atoms with Crippen LogP contribution in [0.25, 0.3) is 0 Å². The van der Waals surface area contributed by atoms with Gasteiger partial charge < -0.3 is 9.84 Å². The second-order valence-corrected chi connectivity index (χ2v) is 16.6. The average Bonchev–Trinajstić information content (AvgIpc) is 3.13. The van der Waals surface area contributed by atoms with Crippen LogP contribution in [0.15, 0.2) is 0 Å². The van der Waals surface area contributed by atoms with Gasteiger partial charge in [0, 0.05) is 6.42 Å². The van der Waals surface area contributed by atoms with E-state index >= 15 is 0 Å². The van der Waals surface area contributed by atoms with Gasteiger partial charge in [0.25, 0.3) is 0 Å². The van der Waals surface area contributed by atoms with Crippen molar-refractivity contribution < 1.29 is 14.6 Å². The normalized spacial score (nSPS) is 12.1. The first kappa shape index (κ1) is 50.4. The maximum Gasteiger partial charge on any atom is 0.305 e. The molecule has 0 aromatic heterocycles. The zero-order chi connectivity index (χ0) is 37.0. The van der Waals surface area contributed by atoms with Crippen LogP contribution in [-0.4, -0.2) is 23.8 Å². The standard InChI is InChI=1S/C48H96O3/c1-3-5-7-9-10-11-12-13-14-15-16-17-18-19-20-21-22-23-24-25-26-27-28-31-34-37-41-45-48(50)51-46-42-38-35-32-29-30-33-36-40-44-47(49)43-39-8-6-4-2/h47,49H,3-46H2,1-2H3. The van der Waals surface area contributed by atoms with E-state index in [1.54, 1.807) is 0 Å². The third-order valence-electron chi connectivity index (χ3n) is 11.3. The molecular formula is C48H96O3. The van der Waals surface area contributed by atoms with E-state index in [0.29, 0.717) is 13.0 Å². The fourth-order valence-corrected chi connectivity index (χ4v) is 7.69. The number of carbonyl (C=O) groups is 1.